The molecule has 16 heavy (non-hydrogen) atoms. The molecule has 1 aromatic heterocycles. The topological polar surface area (TPSA) is 62.2 Å². The van der Waals surface area contributed by atoms with Crippen LogP contribution in [0.25, 0.3) is 0 Å². The van der Waals surface area contributed by atoms with Crippen molar-refractivity contribution < 1.29 is 9.90 Å². The number of pyridine rings is 1. The molecule has 0 bridgehead atoms. The quantitative estimate of drug-likeness (QED) is 0.747. The first-order valence-corrected chi connectivity index (χ1v) is 5.50. The third-order valence-corrected chi connectivity index (χ3v) is 2.34. The molecule has 4 heteroatoms. The minimum absolute atomic E-state index is 0.0245. The molecule has 4 nitrogen and oxygen atoms in total. The number of hydrogen-bond acceptors (Lipinski definition) is 3. The van der Waals surface area contributed by atoms with Crippen LogP contribution in [0.3, 0.4) is 0 Å². The zero-order valence-corrected chi connectivity index (χ0v) is 9.52. The maximum Gasteiger partial charge on any atom is 0.226 e. The van der Waals surface area contributed by atoms with Crippen LogP contribution < -0.4 is 5.32 Å². The Morgan fingerprint density at radius 2 is 2.38 bits per heavy atom. The van der Waals surface area contributed by atoms with Gasteiger partial charge in [-0.05, 0) is 24.5 Å². The van der Waals surface area contributed by atoms with Crippen LogP contribution in [0.15, 0.2) is 24.4 Å². The lowest BCUT2D eigenvalue weighted by Gasteiger charge is -2.10. The fourth-order valence-corrected chi connectivity index (χ4v) is 1.34. The van der Waals surface area contributed by atoms with Crippen LogP contribution in [0.1, 0.15) is 19.0 Å². The van der Waals surface area contributed by atoms with Crippen LogP contribution in [0.2, 0.25) is 0 Å². The average molecular weight is 222 g/mol. The molecule has 0 radical (unpaired) electrons. The second kappa shape index (κ2) is 6.95. The Labute approximate surface area is 95.7 Å². The lowest BCUT2D eigenvalue weighted by Crippen LogP contribution is -2.30. The molecule has 1 rings (SSSR count). The summed E-state index contributed by atoms with van der Waals surface area (Å²) in [4.78, 5) is 15.6. The summed E-state index contributed by atoms with van der Waals surface area (Å²) < 4.78 is 0. The van der Waals surface area contributed by atoms with E-state index in [2.05, 4.69) is 10.3 Å². The molecule has 0 saturated heterocycles. The number of aliphatic hydroxyl groups is 1. The van der Waals surface area contributed by atoms with Crippen molar-refractivity contribution in [3.63, 3.8) is 0 Å². The number of amides is 1. The second-order valence-electron chi connectivity index (χ2n) is 3.92. The molecule has 0 fully saturated rings. The molecule has 0 spiro atoms. The molecule has 88 valence electrons. The zero-order valence-electron chi connectivity index (χ0n) is 9.52. The first-order valence-electron chi connectivity index (χ1n) is 5.50. The molecular weight excluding hydrogens is 204 g/mol. The highest BCUT2D eigenvalue weighted by molar-refractivity contribution is 5.78. The van der Waals surface area contributed by atoms with Gasteiger partial charge in [0.2, 0.25) is 5.91 Å². The van der Waals surface area contributed by atoms with Crippen LogP contribution in [0.5, 0.6) is 0 Å². The van der Waals surface area contributed by atoms with E-state index in [-0.39, 0.29) is 12.5 Å². The molecule has 1 heterocycles. The monoisotopic (exact) mass is 222 g/mol. The van der Waals surface area contributed by atoms with E-state index in [4.69, 9.17) is 5.11 Å². The first kappa shape index (κ1) is 12.6. The highest BCUT2D eigenvalue weighted by atomic mass is 16.3. The van der Waals surface area contributed by atoms with Crippen LogP contribution in [-0.2, 0) is 11.2 Å². The van der Waals surface area contributed by atoms with Crippen LogP contribution in [0, 0.1) is 5.92 Å². The third kappa shape index (κ3) is 4.89. The number of carbonyl (C=O) groups is 1. The largest absolute Gasteiger partial charge is 0.396 e. The van der Waals surface area contributed by atoms with E-state index in [1.54, 1.807) is 6.20 Å². The number of aliphatic hydroxyl groups excluding tert-OH is 1. The molecule has 0 aliphatic heterocycles. The Balaban J connectivity index is 2.26. The Morgan fingerprint density at radius 1 is 1.56 bits per heavy atom. The highest BCUT2D eigenvalue weighted by Crippen LogP contribution is 1.99. The summed E-state index contributed by atoms with van der Waals surface area (Å²) >= 11 is 0. The van der Waals surface area contributed by atoms with E-state index < -0.39 is 0 Å². The number of nitrogens with zero attached hydrogens (tertiary/aromatic N) is 1. The van der Waals surface area contributed by atoms with E-state index in [0.717, 1.165) is 5.69 Å². The number of nitrogens with one attached hydrogen (secondary N) is 1. The van der Waals surface area contributed by atoms with Crippen molar-refractivity contribution in [3.8, 4) is 0 Å². The standard InChI is InChI=1S/C12H18N2O2/c1-10(5-7-15)9-14-12(16)8-11-4-2-3-6-13-11/h2-4,6,10,15H,5,7-9H2,1H3,(H,14,16). The van der Waals surface area contributed by atoms with Gasteiger partial charge in [0.1, 0.15) is 0 Å². The average Bonchev–Trinajstić information content (AvgIpc) is 2.28. The minimum Gasteiger partial charge on any atom is -0.396 e. The fraction of sp³-hybridized carbons (Fsp3) is 0.500. The fourth-order valence-electron chi connectivity index (χ4n) is 1.34. The van der Waals surface area contributed by atoms with E-state index in [0.29, 0.717) is 25.3 Å². The van der Waals surface area contributed by atoms with E-state index in [1.165, 1.54) is 0 Å². The van der Waals surface area contributed by atoms with Gasteiger partial charge in [-0.3, -0.25) is 9.78 Å². The van der Waals surface area contributed by atoms with Gasteiger partial charge in [-0.15, -0.1) is 0 Å². The normalized spacial score (nSPS) is 12.1. The summed E-state index contributed by atoms with van der Waals surface area (Å²) in [5.41, 5.74) is 0.773. The highest BCUT2D eigenvalue weighted by Gasteiger charge is 2.06. The molecule has 1 unspecified atom stereocenters. The van der Waals surface area contributed by atoms with Gasteiger partial charge in [0.15, 0.2) is 0 Å². The van der Waals surface area contributed by atoms with Gasteiger partial charge in [0.05, 0.1) is 6.42 Å². The van der Waals surface area contributed by atoms with Crippen molar-refractivity contribution in [2.24, 2.45) is 5.92 Å². The lowest BCUT2D eigenvalue weighted by molar-refractivity contribution is -0.120. The van der Waals surface area contributed by atoms with Gasteiger partial charge in [-0.25, -0.2) is 0 Å². The van der Waals surface area contributed by atoms with E-state index >= 15 is 0 Å². The van der Waals surface area contributed by atoms with E-state index in [1.807, 2.05) is 25.1 Å². The molecule has 0 aliphatic carbocycles. The molecule has 1 atom stereocenters. The Bertz CT molecular complexity index is 314. The van der Waals surface area contributed by atoms with Crippen LogP contribution in [0.4, 0.5) is 0 Å². The Morgan fingerprint density at radius 3 is 3.00 bits per heavy atom. The smallest absolute Gasteiger partial charge is 0.226 e. The Kier molecular flexibility index (Phi) is 5.50. The summed E-state index contributed by atoms with van der Waals surface area (Å²) in [6.07, 6.45) is 2.70. The molecule has 0 saturated carbocycles. The van der Waals surface area contributed by atoms with Crippen molar-refractivity contribution >= 4 is 5.91 Å². The second-order valence-corrected chi connectivity index (χ2v) is 3.92. The Hall–Kier alpha value is -1.42. The van der Waals surface area contributed by atoms with Crippen LogP contribution >= 0.6 is 0 Å². The number of carbonyl (C=O) groups excluding carboxylic acids is 1. The first-order chi connectivity index (χ1) is 7.72. The van der Waals surface area contributed by atoms with Crippen molar-refractivity contribution in [1.82, 2.24) is 10.3 Å². The molecule has 1 amide bonds. The van der Waals surface area contributed by atoms with Gasteiger partial charge < -0.3 is 10.4 Å². The van der Waals surface area contributed by atoms with Gasteiger partial charge in [-0.1, -0.05) is 13.0 Å². The predicted octanol–water partition coefficient (Wildman–Crippen LogP) is 0.759. The van der Waals surface area contributed by atoms with E-state index in [9.17, 15) is 4.79 Å². The van der Waals surface area contributed by atoms with Gasteiger partial charge in [-0.2, -0.15) is 0 Å². The lowest BCUT2D eigenvalue weighted by atomic mass is 10.1. The summed E-state index contributed by atoms with van der Waals surface area (Å²) in [5, 5.41) is 11.5. The summed E-state index contributed by atoms with van der Waals surface area (Å²) in [7, 11) is 0. The SMILES string of the molecule is CC(CCO)CNC(=O)Cc1ccccn1. The van der Waals surface area contributed by atoms with Crippen molar-refractivity contribution in [2.75, 3.05) is 13.2 Å². The summed E-state index contributed by atoms with van der Waals surface area (Å²) in [5.74, 6) is 0.279. The maximum absolute atomic E-state index is 11.5. The van der Waals surface area contributed by atoms with Crippen molar-refractivity contribution in [2.45, 2.75) is 19.8 Å². The minimum atomic E-state index is -0.0245. The zero-order chi connectivity index (χ0) is 11.8. The van der Waals surface area contributed by atoms with Crippen LogP contribution in [-0.4, -0.2) is 29.1 Å². The number of aromatic nitrogens is 1. The number of rotatable bonds is 6. The van der Waals surface area contributed by atoms with Gasteiger partial charge >= 0.3 is 0 Å². The molecule has 0 aromatic carbocycles. The van der Waals surface area contributed by atoms with Crippen molar-refractivity contribution in [1.29, 1.82) is 0 Å². The molecule has 0 aliphatic rings. The van der Waals surface area contributed by atoms with Gasteiger partial charge in [0.25, 0.3) is 0 Å². The third-order valence-electron chi connectivity index (χ3n) is 2.34. The molecule has 1 aromatic rings. The maximum atomic E-state index is 11.5. The summed E-state index contributed by atoms with van der Waals surface area (Å²) in [6, 6.07) is 5.52. The predicted molar refractivity (Wildman–Crippen MR) is 61.8 cm³/mol. The summed E-state index contributed by atoms with van der Waals surface area (Å²) in [6.45, 7) is 2.76. The molecular formula is C12H18N2O2. The van der Waals surface area contributed by atoms with Crippen molar-refractivity contribution in [3.05, 3.63) is 30.1 Å². The number of hydrogen-bond donors (Lipinski definition) is 2. The molecule has 2 N–H and O–H groups in total. The van der Waals surface area contributed by atoms with Gasteiger partial charge in [0, 0.05) is 25.0 Å².